The molecule has 0 amide bonds. The predicted molar refractivity (Wildman–Crippen MR) is 118 cm³/mol. The first-order valence-electron chi connectivity index (χ1n) is 11.4. The quantitative estimate of drug-likeness (QED) is 0.183. The number of nitrogens with zero attached hydrogens (tertiary/aromatic N) is 1. The minimum atomic E-state index is -0.697. The van der Waals surface area contributed by atoms with Gasteiger partial charge in [-0.1, -0.05) is 76.7 Å². The summed E-state index contributed by atoms with van der Waals surface area (Å²) in [7, 11) is 0. The summed E-state index contributed by atoms with van der Waals surface area (Å²) in [4.78, 5) is 13.2. The second kappa shape index (κ2) is 21.2. The van der Waals surface area contributed by atoms with Gasteiger partial charge < -0.3 is 5.11 Å². The van der Waals surface area contributed by atoms with Gasteiger partial charge in [-0.25, -0.2) is 0 Å². The molecule has 0 unspecified atom stereocenters. The summed E-state index contributed by atoms with van der Waals surface area (Å²) in [6, 6.07) is 0. The molecule has 0 aliphatic carbocycles. The van der Waals surface area contributed by atoms with Gasteiger partial charge in [0.1, 0.15) is 0 Å². The molecular weight excluding hydrogens is 334 g/mol. The van der Waals surface area contributed by atoms with Crippen molar-refractivity contribution in [3.8, 4) is 0 Å². The van der Waals surface area contributed by atoms with Crippen LogP contribution in [-0.4, -0.2) is 35.6 Å². The first kappa shape index (κ1) is 25.9. The molecule has 3 nitrogen and oxygen atoms in total. The number of allylic oxidation sites excluding steroid dienone is 4. The molecule has 0 aliphatic rings. The fourth-order valence-electron chi connectivity index (χ4n) is 3.17. The number of carboxylic acids is 1. The first-order valence-corrected chi connectivity index (χ1v) is 11.4. The molecule has 0 atom stereocenters. The molecule has 0 heterocycles. The smallest absolute Gasteiger partial charge is 0.317 e. The van der Waals surface area contributed by atoms with E-state index >= 15 is 0 Å². The Labute approximate surface area is 168 Å². The molecule has 0 aromatic heterocycles. The van der Waals surface area contributed by atoms with Crippen LogP contribution in [0.2, 0.25) is 0 Å². The SMILES string of the molecule is CCC/C=C/CCCCCCN(CCCCCC/C=C/CCC)CC(=O)O. The Morgan fingerprint density at radius 2 is 1.07 bits per heavy atom. The van der Waals surface area contributed by atoms with Gasteiger partial charge in [-0.2, -0.15) is 0 Å². The van der Waals surface area contributed by atoms with Gasteiger partial charge in [-0.3, -0.25) is 9.69 Å². The molecule has 0 radical (unpaired) electrons. The van der Waals surface area contributed by atoms with E-state index in [2.05, 4.69) is 43.1 Å². The van der Waals surface area contributed by atoms with Crippen molar-refractivity contribution in [3.05, 3.63) is 24.3 Å². The number of rotatable bonds is 20. The van der Waals surface area contributed by atoms with Crippen LogP contribution in [0.3, 0.4) is 0 Å². The van der Waals surface area contributed by atoms with Crippen molar-refractivity contribution in [1.82, 2.24) is 4.90 Å². The van der Waals surface area contributed by atoms with Crippen molar-refractivity contribution in [3.63, 3.8) is 0 Å². The molecule has 1 N–H and O–H groups in total. The molecular formula is C24H45NO2. The van der Waals surface area contributed by atoms with E-state index in [-0.39, 0.29) is 6.54 Å². The van der Waals surface area contributed by atoms with Crippen LogP contribution in [0, 0.1) is 0 Å². The maximum absolute atomic E-state index is 11.1. The normalized spacial score (nSPS) is 12.0. The third-order valence-corrected chi connectivity index (χ3v) is 4.79. The lowest BCUT2D eigenvalue weighted by atomic mass is 10.1. The second-order valence-electron chi connectivity index (χ2n) is 7.60. The fourth-order valence-corrected chi connectivity index (χ4v) is 3.17. The zero-order valence-corrected chi connectivity index (χ0v) is 18.1. The van der Waals surface area contributed by atoms with Crippen LogP contribution in [0.1, 0.15) is 104 Å². The van der Waals surface area contributed by atoms with Crippen LogP contribution in [0.4, 0.5) is 0 Å². The van der Waals surface area contributed by atoms with Crippen molar-refractivity contribution < 1.29 is 9.90 Å². The summed E-state index contributed by atoms with van der Waals surface area (Å²) >= 11 is 0. The Morgan fingerprint density at radius 3 is 1.48 bits per heavy atom. The predicted octanol–water partition coefficient (Wildman–Crippen LogP) is 6.99. The van der Waals surface area contributed by atoms with Crippen LogP contribution in [0.25, 0.3) is 0 Å². The topological polar surface area (TPSA) is 40.5 Å². The van der Waals surface area contributed by atoms with E-state index in [1.54, 1.807) is 0 Å². The Morgan fingerprint density at radius 1 is 0.667 bits per heavy atom. The van der Waals surface area contributed by atoms with Crippen molar-refractivity contribution >= 4 is 5.97 Å². The summed E-state index contributed by atoms with van der Waals surface area (Å²) in [5.74, 6) is -0.697. The minimum Gasteiger partial charge on any atom is -0.480 e. The van der Waals surface area contributed by atoms with Crippen LogP contribution in [0.5, 0.6) is 0 Å². The van der Waals surface area contributed by atoms with E-state index in [1.807, 2.05) is 0 Å². The Kier molecular flexibility index (Phi) is 20.4. The van der Waals surface area contributed by atoms with Gasteiger partial charge in [0.15, 0.2) is 0 Å². The van der Waals surface area contributed by atoms with Gasteiger partial charge in [0.25, 0.3) is 0 Å². The largest absolute Gasteiger partial charge is 0.480 e. The standard InChI is InChI=1S/C24H45NO2/c1-3-5-7-9-11-13-15-17-19-21-25(23-24(26)27)22-20-18-16-14-12-10-8-6-4-2/h7-10H,3-6,11-23H2,1-2H3,(H,26,27)/b9-7+,10-8+. The van der Waals surface area contributed by atoms with E-state index in [1.165, 1.54) is 77.0 Å². The molecule has 158 valence electrons. The van der Waals surface area contributed by atoms with Gasteiger partial charge in [-0.15, -0.1) is 0 Å². The zero-order chi connectivity index (χ0) is 20.0. The van der Waals surface area contributed by atoms with E-state index in [9.17, 15) is 4.79 Å². The summed E-state index contributed by atoms with van der Waals surface area (Å²) in [5, 5.41) is 9.11. The Bertz CT molecular complexity index is 349. The molecule has 0 aromatic rings. The van der Waals surface area contributed by atoms with Crippen LogP contribution >= 0.6 is 0 Å². The van der Waals surface area contributed by atoms with Crippen LogP contribution < -0.4 is 0 Å². The summed E-state index contributed by atoms with van der Waals surface area (Å²) in [5.41, 5.74) is 0. The van der Waals surface area contributed by atoms with Crippen LogP contribution in [0.15, 0.2) is 24.3 Å². The average molecular weight is 380 g/mol. The van der Waals surface area contributed by atoms with E-state index in [4.69, 9.17) is 5.11 Å². The Balaban J connectivity index is 3.69. The number of carboxylic acid groups (broad SMARTS) is 1. The van der Waals surface area contributed by atoms with Gasteiger partial charge in [0.2, 0.25) is 0 Å². The number of hydrogen-bond acceptors (Lipinski definition) is 2. The lowest BCUT2D eigenvalue weighted by Crippen LogP contribution is -2.31. The zero-order valence-electron chi connectivity index (χ0n) is 18.1. The highest BCUT2D eigenvalue weighted by molar-refractivity contribution is 5.69. The van der Waals surface area contributed by atoms with Crippen molar-refractivity contribution in [2.75, 3.05) is 19.6 Å². The van der Waals surface area contributed by atoms with Crippen molar-refractivity contribution in [2.24, 2.45) is 0 Å². The molecule has 0 aromatic carbocycles. The molecule has 0 bridgehead atoms. The van der Waals surface area contributed by atoms with Crippen molar-refractivity contribution in [2.45, 2.75) is 104 Å². The van der Waals surface area contributed by atoms with E-state index in [0.717, 1.165) is 25.9 Å². The highest BCUT2D eigenvalue weighted by atomic mass is 16.4. The first-order chi connectivity index (χ1) is 13.2. The highest BCUT2D eigenvalue weighted by Gasteiger charge is 2.08. The number of carbonyl (C=O) groups is 1. The van der Waals surface area contributed by atoms with Gasteiger partial charge in [0, 0.05) is 0 Å². The monoisotopic (exact) mass is 379 g/mol. The summed E-state index contributed by atoms with van der Waals surface area (Å²) in [6.07, 6.45) is 26.1. The average Bonchev–Trinajstić information content (AvgIpc) is 2.64. The lowest BCUT2D eigenvalue weighted by Gasteiger charge is -2.20. The Hall–Kier alpha value is -1.09. The summed E-state index contributed by atoms with van der Waals surface area (Å²) in [6.45, 7) is 6.47. The van der Waals surface area contributed by atoms with Crippen molar-refractivity contribution in [1.29, 1.82) is 0 Å². The van der Waals surface area contributed by atoms with Gasteiger partial charge in [0.05, 0.1) is 6.54 Å². The van der Waals surface area contributed by atoms with Crippen LogP contribution in [-0.2, 0) is 4.79 Å². The molecule has 0 aliphatic heterocycles. The molecule has 0 spiro atoms. The van der Waals surface area contributed by atoms with Gasteiger partial charge >= 0.3 is 5.97 Å². The molecule has 27 heavy (non-hydrogen) atoms. The highest BCUT2D eigenvalue weighted by Crippen LogP contribution is 2.08. The van der Waals surface area contributed by atoms with Gasteiger partial charge in [-0.05, 0) is 64.5 Å². The lowest BCUT2D eigenvalue weighted by molar-refractivity contribution is -0.138. The maximum Gasteiger partial charge on any atom is 0.317 e. The minimum absolute atomic E-state index is 0.194. The number of unbranched alkanes of at least 4 members (excludes halogenated alkanes) is 10. The third kappa shape index (κ3) is 21.1. The molecule has 3 heteroatoms. The van der Waals surface area contributed by atoms with E-state index < -0.39 is 5.97 Å². The summed E-state index contributed by atoms with van der Waals surface area (Å²) < 4.78 is 0. The third-order valence-electron chi connectivity index (χ3n) is 4.79. The second-order valence-corrected chi connectivity index (χ2v) is 7.60. The fraction of sp³-hybridized carbons (Fsp3) is 0.792. The molecule has 0 rings (SSSR count). The molecule has 0 saturated carbocycles. The molecule has 0 saturated heterocycles. The maximum atomic E-state index is 11.1. The number of hydrogen-bond donors (Lipinski definition) is 1. The number of aliphatic carboxylic acids is 1. The molecule has 0 fully saturated rings. The van der Waals surface area contributed by atoms with E-state index in [0.29, 0.717) is 0 Å².